The predicted octanol–water partition coefficient (Wildman–Crippen LogP) is 4.65. The summed E-state index contributed by atoms with van der Waals surface area (Å²) in [5.41, 5.74) is 3.24. The summed E-state index contributed by atoms with van der Waals surface area (Å²) >= 11 is 0. The van der Waals surface area contributed by atoms with Crippen molar-refractivity contribution in [1.82, 2.24) is 5.32 Å². The SMILES string of the molecule is CCCNC(C)c1ccc2oc3ccccc3c2c1. The summed E-state index contributed by atoms with van der Waals surface area (Å²) in [5.74, 6) is 0. The molecule has 0 aliphatic rings. The zero-order valence-corrected chi connectivity index (χ0v) is 11.4. The predicted molar refractivity (Wildman–Crippen MR) is 80.4 cm³/mol. The topological polar surface area (TPSA) is 25.2 Å². The van der Waals surface area contributed by atoms with Gasteiger partial charge in [-0.1, -0.05) is 31.2 Å². The van der Waals surface area contributed by atoms with E-state index in [-0.39, 0.29) is 0 Å². The maximum Gasteiger partial charge on any atom is 0.135 e. The Labute approximate surface area is 113 Å². The van der Waals surface area contributed by atoms with E-state index in [1.165, 1.54) is 16.3 Å². The molecule has 1 aromatic heterocycles. The summed E-state index contributed by atoms with van der Waals surface area (Å²) < 4.78 is 5.85. The molecule has 2 nitrogen and oxygen atoms in total. The molecule has 1 unspecified atom stereocenters. The number of rotatable bonds is 4. The van der Waals surface area contributed by atoms with Crippen molar-refractivity contribution in [2.24, 2.45) is 0 Å². The molecule has 2 heteroatoms. The average Bonchev–Trinajstić information content (AvgIpc) is 2.82. The lowest BCUT2D eigenvalue weighted by molar-refractivity contribution is 0.571. The van der Waals surface area contributed by atoms with Crippen LogP contribution in [0.4, 0.5) is 0 Å². The first-order chi connectivity index (χ1) is 9.29. The summed E-state index contributed by atoms with van der Waals surface area (Å²) in [6.45, 7) is 5.44. The number of furan rings is 1. The summed E-state index contributed by atoms with van der Waals surface area (Å²) in [5, 5.41) is 5.93. The summed E-state index contributed by atoms with van der Waals surface area (Å²) in [7, 11) is 0. The van der Waals surface area contributed by atoms with Crippen molar-refractivity contribution in [2.45, 2.75) is 26.3 Å². The number of hydrogen-bond donors (Lipinski definition) is 1. The Morgan fingerprint density at radius 1 is 1.05 bits per heavy atom. The molecule has 0 amide bonds. The maximum atomic E-state index is 5.85. The highest BCUT2D eigenvalue weighted by molar-refractivity contribution is 6.04. The van der Waals surface area contributed by atoms with Crippen molar-refractivity contribution in [1.29, 1.82) is 0 Å². The normalized spacial score (nSPS) is 13.2. The minimum Gasteiger partial charge on any atom is -0.456 e. The van der Waals surface area contributed by atoms with Crippen molar-refractivity contribution < 1.29 is 4.42 Å². The molecule has 0 spiro atoms. The molecule has 0 fully saturated rings. The molecule has 0 aliphatic carbocycles. The van der Waals surface area contributed by atoms with Crippen LogP contribution >= 0.6 is 0 Å². The van der Waals surface area contributed by atoms with Gasteiger partial charge in [0.1, 0.15) is 11.2 Å². The minimum absolute atomic E-state index is 0.373. The van der Waals surface area contributed by atoms with Crippen molar-refractivity contribution in [3.8, 4) is 0 Å². The first kappa shape index (κ1) is 12.2. The van der Waals surface area contributed by atoms with E-state index >= 15 is 0 Å². The summed E-state index contributed by atoms with van der Waals surface area (Å²) in [6, 6.07) is 15.1. The lowest BCUT2D eigenvalue weighted by Gasteiger charge is -2.13. The van der Waals surface area contributed by atoms with Gasteiger partial charge < -0.3 is 9.73 Å². The zero-order chi connectivity index (χ0) is 13.2. The Hall–Kier alpha value is -1.80. The third-order valence-corrected chi connectivity index (χ3v) is 3.60. The fourth-order valence-electron chi connectivity index (χ4n) is 2.49. The number of fused-ring (bicyclic) bond motifs is 3. The van der Waals surface area contributed by atoms with Crippen molar-refractivity contribution in [3.05, 3.63) is 48.0 Å². The molecule has 3 aromatic rings. The first-order valence-corrected chi connectivity index (χ1v) is 6.94. The molecule has 98 valence electrons. The Kier molecular flexibility index (Phi) is 3.26. The molecule has 19 heavy (non-hydrogen) atoms. The second kappa shape index (κ2) is 5.06. The van der Waals surface area contributed by atoms with Crippen LogP contribution in [-0.2, 0) is 0 Å². The highest BCUT2D eigenvalue weighted by Gasteiger charge is 2.09. The molecule has 3 rings (SSSR count). The lowest BCUT2D eigenvalue weighted by Crippen LogP contribution is -2.19. The van der Waals surface area contributed by atoms with Crippen LogP contribution in [0.1, 0.15) is 31.9 Å². The molecule has 0 bridgehead atoms. The van der Waals surface area contributed by atoms with E-state index in [2.05, 4.69) is 49.5 Å². The van der Waals surface area contributed by atoms with Gasteiger partial charge in [-0.15, -0.1) is 0 Å². The first-order valence-electron chi connectivity index (χ1n) is 6.94. The van der Waals surface area contributed by atoms with Gasteiger partial charge in [-0.2, -0.15) is 0 Å². The van der Waals surface area contributed by atoms with Crippen LogP contribution in [0.5, 0.6) is 0 Å². The van der Waals surface area contributed by atoms with Crippen LogP contribution in [0.2, 0.25) is 0 Å². The fraction of sp³-hybridized carbons (Fsp3) is 0.294. The van der Waals surface area contributed by atoms with E-state index in [0.29, 0.717) is 6.04 Å². The van der Waals surface area contributed by atoms with Gasteiger partial charge in [-0.3, -0.25) is 0 Å². The Balaban J connectivity index is 2.06. The highest BCUT2D eigenvalue weighted by Crippen LogP contribution is 2.30. The van der Waals surface area contributed by atoms with Gasteiger partial charge in [-0.05, 0) is 43.7 Å². The molecular formula is C17H19NO. The second-order valence-corrected chi connectivity index (χ2v) is 5.03. The second-order valence-electron chi connectivity index (χ2n) is 5.03. The molecule has 0 saturated heterocycles. The molecule has 0 saturated carbocycles. The van der Waals surface area contributed by atoms with Gasteiger partial charge >= 0.3 is 0 Å². The standard InChI is InChI=1S/C17H19NO/c1-3-10-18-12(2)13-8-9-17-15(11-13)14-6-4-5-7-16(14)19-17/h4-9,11-12,18H,3,10H2,1-2H3. The molecule has 1 atom stereocenters. The van der Waals surface area contributed by atoms with E-state index in [4.69, 9.17) is 4.42 Å². The van der Waals surface area contributed by atoms with E-state index in [0.717, 1.165) is 24.1 Å². The highest BCUT2D eigenvalue weighted by atomic mass is 16.3. The number of benzene rings is 2. The van der Waals surface area contributed by atoms with Gasteiger partial charge in [0.25, 0.3) is 0 Å². The quantitative estimate of drug-likeness (QED) is 0.732. The van der Waals surface area contributed by atoms with Gasteiger partial charge in [0.2, 0.25) is 0 Å². The van der Waals surface area contributed by atoms with Crippen LogP contribution in [0, 0.1) is 0 Å². The van der Waals surface area contributed by atoms with Crippen LogP contribution in [-0.4, -0.2) is 6.54 Å². The minimum atomic E-state index is 0.373. The zero-order valence-electron chi connectivity index (χ0n) is 11.4. The van der Waals surface area contributed by atoms with E-state index in [1.807, 2.05) is 12.1 Å². The van der Waals surface area contributed by atoms with Crippen LogP contribution < -0.4 is 5.32 Å². The Morgan fingerprint density at radius 3 is 2.68 bits per heavy atom. The fourth-order valence-corrected chi connectivity index (χ4v) is 2.49. The van der Waals surface area contributed by atoms with Gasteiger partial charge in [0.15, 0.2) is 0 Å². The van der Waals surface area contributed by atoms with Crippen LogP contribution in [0.15, 0.2) is 46.9 Å². The van der Waals surface area contributed by atoms with E-state index < -0.39 is 0 Å². The van der Waals surface area contributed by atoms with Gasteiger partial charge in [0.05, 0.1) is 0 Å². The average molecular weight is 253 g/mol. The lowest BCUT2D eigenvalue weighted by atomic mass is 10.0. The third-order valence-electron chi connectivity index (χ3n) is 3.60. The summed E-state index contributed by atoms with van der Waals surface area (Å²) in [6.07, 6.45) is 1.15. The Morgan fingerprint density at radius 2 is 1.84 bits per heavy atom. The maximum absolute atomic E-state index is 5.85. The Bertz CT molecular complexity index is 699. The molecule has 1 heterocycles. The third kappa shape index (κ3) is 2.24. The molecule has 2 aromatic carbocycles. The molecule has 0 aliphatic heterocycles. The smallest absolute Gasteiger partial charge is 0.135 e. The van der Waals surface area contributed by atoms with Crippen molar-refractivity contribution in [2.75, 3.05) is 6.54 Å². The van der Waals surface area contributed by atoms with E-state index in [1.54, 1.807) is 0 Å². The number of hydrogen-bond acceptors (Lipinski definition) is 2. The van der Waals surface area contributed by atoms with Crippen LogP contribution in [0.25, 0.3) is 21.9 Å². The van der Waals surface area contributed by atoms with E-state index in [9.17, 15) is 0 Å². The number of nitrogens with one attached hydrogen (secondary N) is 1. The molecule has 0 radical (unpaired) electrons. The van der Waals surface area contributed by atoms with Crippen LogP contribution in [0.3, 0.4) is 0 Å². The largest absolute Gasteiger partial charge is 0.456 e. The van der Waals surface area contributed by atoms with Crippen molar-refractivity contribution in [3.63, 3.8) is 0 Å². The summed E-state index contributed by atoms with van der Waals surface area (Å²) in [4.78, 5) is 0. The number of para-hydroxylation sites is 1. The monoisotopic (exact) mass is 253 g/mol. The van der Waals surface area contributed by atoms with Gasteiger partial charge in [-0.25, -0.2) is 0 Å². The molecular weight excluding hydrogens is 234 g/mol. The van der Waals surface area contributed by atoms with Crippen molar-refractivity contribution >= 4 is 21.9 Å². The van der Waals surface area contributed by atoms with Gasteiger partial charge in [0, 0.05) is 16.8 Å². The molecule has 1 N–H and O–H groups in total.